The van der Waals surface area contributed by atoms with E-state index in [1.54, 1.807) is 53.4 Å². The number of anilines is 1. The van der Waals surface area contributed by atoms with E-state index >= 15 is 0 Å². The number of amides is 1. The number of benzene rings is 4. The van der Waals surface area contributed by atoms with E-state index < -0.39 is 41.3 Å². The molecule has 0 N–H and O–H groups in total. The van der Waals surface area contributed by atoms with Crippen LogP contribution in [0.1, 0.15) is 21.5 Å². The number of para-hydroxylation sites is 1. The number of rotatable bonds is 6. The SMILES string of the molecule is COc1ccccc1C(=O)N1CCN(c2ccc(-c3c4cccc(C(F)(F)F)c4nn3Cc3c(F)cc(F)cc3F)cc2)CC1. The molecule has 4 aromatic carbocycles. The predicted molar refractivity (Wildman–Crippen MR) is 157 cm³/mol. The Labute approximate surface area is 254 Å². The fourth-order valence-corrected chi connectivity index (χ4v) is 5.66. The van der Waals surface area contributed by atoms with E-state index in [1.165, 1.54) is 19.2 Å². The lowest BCUT2D eigenvalue weighted by Gasteiger charge is -2.36. The Morgan fingerprint density at radius 1 is 0.867 bits per heavy atom. The summed E-state index contributed by atoms with van der Waals surface area (Å²) < 4.78 is 90.8. The molecule has 1 fully saturated rings. The number of methoxy groups -OCH3 is 1. The molecular formula is C33H26F6N4O2. The molecule has 12 heteroatoms. The monoisotopic (exact) mass is 624 g/mol. The number of carbonyl (C=O) groups excluding carboxylic acids is 1. The van der Waals surface area contributed by atoms with Crippen LogP contribution < -0.4 is 9.64 Å². The van der Waals surface area contributed by atoms with E-state index in [-0.39, 0.29) is 22.5 Å². The maximum absolute atomic E-state index is 14.6. The number of alkyl halides is 3. The number of carbonyl (C=O) groups is 1. The Bertz CT molecular complexity index is 1860. The first-order valence-corrected chi connectivity index (χ1v) is 14.0. The van der Waals surface area contributed by atoms with E-state index in [9.17, 15) is 31.1 Å². The van der Waals surface area contributed by atoms with Gasteiger partial charge in [-0.25, -0.2) is 13.2 Å². The van der Waals surface area contributed by atoms with Crippen LogP contribution in [0.25, 0.3) is 22.2 Å². The van der Waals surface area contributed by atoms with Crippen molar-refractivity contribution in [3.05, 3.63) is 113 Å². The van der Waals surface area contributed by atoms with Crippen molar-refractivity contribution in [2.75, 3.05) is 38.2 Å². The molecule has 0 unspecified atom stereocenters. The maximum atomic E-state index is 14.6. The second-order valence-electron chi connectivity index (χ2n) is 10.6. The Hall–Kier alpha value is -5.00. The van der Waals surface area contributed by atoms with Gasteiger partial charge >= 0.3 is 6.18 Å². The number of ether oxygens (including phenoxy) is 1. The number of hydrogen-bond donors (Lipinski definition) is 0. The standard InChI is InChI=1S/C33H26F6N4O2/c1-45-29-8-3-2-5-23(29)32(44)42-15-13-41(14-16-42)22-11-9-20(10-12-22)31-24-6-4-7-26(33(37,38)39)30(24)40-43(31)19-25-27(35)17-21(34)18-28(25)36/h2-12,17-18H,13-16,19H2,1H3. The van der Waals surface area contributed by atoms with Crippen molar-refractivity contribution >= 4 is 22.5 Å². The van der Waals surface area contributed by atoms with Crippen molar-refractivity contribution < 1.29 is 35.9 Å². The van der Waals surface area contributed by atoms with E-state index in [2.05, 4.69) is 10.00 Å². The smallest absolute Gasteiger partial charge is 0.418 e. The molecule has 1 aliphatic rings. The molecule has 0 atom stereocenters. The molecule has 1 amide bonds. The molecule has 6 rings (SSSR count). The maximum Gasteiger partial charge on any atom is 0.418 e. The largest absolute Gasteiger partial charge is 0.496 e. The molecule has 0 bridgehead atoms. The van der Waals surface area contributed by atoms with Gasteiger partial charge < -0.3 is 14.5 Å². The normalized spacial score (nSPS) is 13.8. The first-order chi connectivity index (χ1) is 21.5. The highest BCUT2D eigenvalue weighted by Gasteiger charge is 2.35. The van der Waals surface area contributed by atoms with Gasteiger partial charge in [-0.2, -0.15) is 18.3 Å². The van der Waals surface area contributed by atoms with Crippen LogP contribution in [-0.2, 0) is 12.7 Å². The van der Waals surface area contributed by atoms with Crippen LogP contribution >= 0.6 is 0 Å². The topological polar surface area (TPSA) is 50.6 Å². The zero-order chi connectivity index (χ0) is 31.9. The first-order valence-electron chi connectivity index (χ1n) is 14.0. The Morgan fingerprint density at radius 2 is 1.53 bits per heavy atom. The number of piperazine rings is 1. The second-order valence-corrected chi connectivity index (χ2v) is 10.6. The number of fused-ring (bicyclic) bond motifs is 1. The molecular weight excluding hydrogens is 598 g/mol. The molecule has 0 spiro atoms. The number of halogens is 6. The van der Waals surface area contributed by atoms with Crippen molar-refractivity contribution in [1.29, 1.82) is 0 Å². The average Bonchev–Trinajstić information content (AvgIpc) is 3.40. The van der Waals surface area contributed by atoms with Gasteiger partial charge in [-0.15, -0.1) is 0 Å². The van der Waals surface area contributed by atoms with Crippen LogP contribution in [0.2, 0.25) is 0 Å². The van der Waals surface area contributed by atoms with Crippen molar-refractivity contribution in [3.63, 3.8) is 0 Å². The van der Waals surface area contributed by atoms with Crippen molar-refractivity contribution in [3.8, 4) is 17.0 Å². The summed E-state index contributed by atoms with van der Waals surface area (Å²) in [4.78, 5) is 16.9. The predicted octanol–water partition coefficient (Wildman–Crippen LogP) is 7.16. The molecule has 45 heavy (non-hydrogen) atoms. The van der Waals surface area contributed by atoms with Crippen molar-refractivity contribution in [2.24, 2.45) is 0 Å². The van der Waals surface area contributed by atoms with E-state index in [1.807, 2.05) is 0 Å². The summed E-state index contributed by atoms with van der Waals surface area (Å²) in [6, 6.07) is 18.7. The molecule has 0 saturated carbocycles. The Balaban J connectivity index is 1.29. The fourth-order valence-electron chi connectivity index (χ4n) is 5.66. The number of nitrogens with zero attached hydrogens (tertiary/aromatic N) is 4. The van der Waals surface area contributed by atoms with Gasteiger partial charge in [0.15, 0.2) is 0 Å². The lowest BCUT2D eigenvalue weighted by molar-refractivity contribution is -0.136. The summed E-state index contributed by atoms with van der Waals surface area (Å²) in [7, 11) is 1.51. The van der Waals surface area contributed by atoms with Gasteiger partial charge in [0.25, 0.3) is 5.91 Å². The summed E-state index contributed by atoms with van der Waals surface area (Å²) in [5.41, 5.74) is 0.101. The molecule has 0 aliphatic carbocycles. The minimum absolute atomic E-state index is 0.130. The summed E-state index contributed by atoms with van der Waals surface area (Å²) in [5.74, 6) is -3.09. The van der Waals surface area contributed by atoms with Crippen LogP contribution in [0.4, 0.5) is 32.0 Å². The third kappa shape index (κ3) is 5.79. The van der Waals surface area contributed by atoms with E-state index in [0.717, 1.165) is 16.4 Å². The minimum Gasteiger partial charge on any atom is -0.496 e. The lowest BCUT2D eigenvalue weighted by Crippen LogP contribution is -2.48. The highest BCUT2D eigenvalue weighted by Crippen LogP contribution is 2.39. The zero-order valence-electron chi connectivity index (χ0n) is 23.9. The van der Waals surface area contributed by atoms with Gasteiger partial charge in [-0.3, -0.25) is 9.48 Å². The zero-order valence-corrected chi connectivity index (χ0v) is 23.9. The van der Waals surface area contributed by atoms with E-state index in [0.29, 0.717) is 55.2 Å². The van der Waals surface area contributed by atoms with Crippen LogP contribution in [0.5, 0.6) is 5.75 Å². The van der Waals surface area contributed by atoms with Gasteiger partial charge in [-0.05, 0) is 30.3 Å². The fraction of sp³-hybridized carbons (Fsp3) is 0.212. The van der Waals surface area contributed by atoms with Crippen LogP contribution in [0.15, 0.2) is 78.9 Å². The Morgan fingerprint density at radius 3 is 2.18 bits per heavy atom. The summed E-state index contributed by atoms with van der Waals surface area (Å²) in [5, 5.41) is 4.29. The van der Waals surface area contributed by atoms with Crippen molar-refractivity contribution in [2.45, 2.75) is 12.7 Å². The van der Waals surface area contributed by atoms with Gasteiger partial charge in [-0.1, -0.05) is 36.4 Å². The number of aromatic nitrogens is 2. The third-order valence-electron chi connectivity index (χ3n) is 7.90. The molecule has 6 nitrogen and oxygen atoms in total. The van der Waals surface area contributed by atoms with Gasteiger partial charge in [0.1, 0.15) is 28.7 Å². The molecule has 1 saturated heterocycles. The van der Waals surface area contributed by atoms with Crippen LogP contribution in [0, 0.1) is 17.5 Å². The summed E-state index contributed by atoms with van der Waals surface area (Å²) >= 11 is 0. The quantitative estimate of drug-likeness (QED) is 0.188. The van der Waals surface area contributed by atoms with Crippen LogP contribution in [-0.4, -0.2) is 53.9 Å². The second kappa shape index (κ2) is 11.8. The summed E-state index contributed by atoms with van der Waals surface area (Å²) in [6.45, 7) is 1.44. The van der Waals surface area contributed by atoms with Gasteiger partial charge in [0, 0.05) is 60.5 Å². The third-order valence-corrected chi connectivity index (χ3v) is 7.90. The van der Waals surface area contributed by atoms with Gasteiger partial charge in [0.05, 0.1) is 30.5 Å². The van der Waals surface area contributed by atoms with E-state index in [4.69, 9.17) is 4.74 Å². The van der Waals surface area contributed by atoms with Crippen molar-refractivity contribution in [1.82, 2.24) is 14.7 Å². The molecule has 2 heterocycles. The number of hydrogen-bond acceptors (Lipinski definition) is 4. The molecule has 1 aliphatic heterocycles. The molecule has 232 valence electrons. The molecule has 5 aromatic rings. The summed E-state index contributed by atoms with van der Waals surface area (Å²) in [6.07, 6.45) is -4.72. The highest BCUT2D eigenvalue weighted by molar-refractivity contribution is 5.97. The minimum atomic E-state index is -4.72. The average molecular weight is 625 g/mol. The lowest BCUT2D eigenvalue weighted by atomic mass is 10.0. The highest BCUT2D eigenvalue weighted by atomic mass is 19.4. The van der Waals surface area contributed by atoms with Gasteiger partial charge in [0.2, 0.25) is 0 Å². The van der Waals surface area contributed by atoms with Crippen LogP contribution in [0.3, 0.4) is 0 Å². The Kier molecular flexibility index (Phi) is 7.90. The first kappa shape index (κ1) is 30.0. The molecule has 1 aromatic heterocycles. The molecule has 0 radical (unpaired) electrons.